The van der Waals surface area contributed by atoms with Crippen LogP contribution in [0.15, 0.2) is 60.7 Å². The van der Waals surface area contributed by atoms with Gasteiger partial charge in [0.2, 0.25) is 0 Å². The van der Waals surface area contributed by atoms with Gasteiger partial charge in [-0.15, -0.1) is 0 Å². The van der Waals surface area contributed by atoms with Crippen molar-refractivity contribution in [3.63, 3.8) is 0 Å². The van der Waals surface area contributed by atoms with Gasteiger partial charge in [-0.05, 0) is 17.5 Å². The predicted octanol–water partition coefficient (Wildman–Crippen LogP) is 2.77. The van der Waals surface area contributed by atoms with E-state index in [-0.39, 0.29) is 0 Å². The smallest absolute Gasteiger partial charge is 0.00258 e. The summed E-state index contributed by atoms with van der Waals surface area (Å²) in [6.45, 7) is 0. The molecular formula is C13H13O2S-. The molecule has 2 nitrogen and oxygen atoms in total. The maximum Gasteiger partial charge on any atom is -0.00258 e. The Morgan fingerprint density at radius 2 is 1.00 bits per heavy atom. The molecule has 0 fully saturated rings. The van der Waals surface area contributed by atoms with Crippen molar-refractivity contribution >= 4 is 11.6 Å². The van der Waals surface area contributed by atoms with Crippen LogP contribution in [-0.2, 0) is 26.4 Å². The van der Waals surface area contributed by atoms with Crippen molar-refractivity contribution in [2.24, 2.45) is 0 Å². The Kier molecular flexibility index (Phi) is 5.96. The average molecular weight is 233 g/mol. The highest BCUT2D eigenvalue weighted by molar-refractivity contribution is 7.51. The minimum Gasteiger partial charge on any atom is -0.427 e. The van der Waals surface area contributed by atoms with Crippen molar-refractivity contribution < 1.29 is 8.42 Å². The number of hydrogen-bond donors (Lipinski definition) is 0. The molecule has 0 spiro atoms. The molecule has 16 heavy (non-hydrogen) atoms. The van der Waals surface area contributed by atoms with Gasteiger partial charge in [-0.25, -0.2) is 0 Å². The quantitative estimate of drug-likeness (QED) is 0.590. The summed E-state index contributed by atoms with van der Waals surface area (Å²) < 4.78 is 16.7. The summed E-state index contributed by atoms with van der Waals surface area (Å²) in [5, 5.41) is 0. The first-order valence-corrected chi connectivity index (χ1v) is 5.62. The Balaban J connectivity index is 0.000000386. The molecule has 0 aromatic heterocycles. The molecule has 0 atom stereocenters. The molecule has 0 amide bonds. The Labute approximate surface area is 98.5 Å². The molecule has 0 unspecified atom stereocenters. The third kappa shape index (κ3) is 4.75. The van der Waals surface area contributed by atoms with Crippen LogP contribution in [0.1, 0.15) is 11.1 Å². The zero-order valence-electron chi connectivity index (χ0n) is 8.74. The second-order valence-corrected chi connectivity index (χ2v) is 3.37. The van der Waals surface area contributed by atoms with Crippen LogP contribution in [0.25, 0.3) is 0 Å². The number of benzene rings is 2. The summed E-state index contributed by atoms with van der Waals surface area (Å²) in [6.07, 6.45) is 1.03. The summed E-state index contributed by atoms with van der Waals surface area (Å²) in [4.78, 5) is 0. The van der Waals surface area contributed by atoms with Crippen LogP contribution < -0.4 is 0 Å². The van der Waals surface area contributed by atoms with Gasteiger partial charge in [-0.2, -0.15) is 0 Å². The van der Waals surface area contributed by atoms with E-state index in [1.807, 2.05) is 0 Å². The summed E-state index contributed by atoms with van der Waals surface area (Å²) in [5.74, 6) is 0. The van der Waals surface area contributed by atoms with Crippen molar-refractivity contribution in [3.05, 3.63) is 71.8 Å². The van der Waals surface area contributed by atoms with E-state index in [0.29, 0.717) is 0 Å². The zero-order valence-corrected chi connectivity index (χ0v) is 9.64. The largest absolute Gasteiger partial charge is 0.427 e. The highest BCUT2D eigenvalue weighted by Gasteiger charge is 1.92. The van der Waals surface area contributed by atoms with E-state index in [2.05, 4.69) is 60.7 Å². The molecule has 2 rings (SSSR count). The standard InChI is InChI=1S/C13H12.HO2S/c1-3-7-12(8-4-1)11-13-9-5-2-6-10-13;1-3-2/h1-10H,11H2;3H/q;-1. The lowest BCUT2D eigenvalue weighted by molar-refractivity contribution is 0.541. The molecule has 0 bridgehead atoms. The first-order chi connectivity index (χ1) is 7.86. The van der Waals surface area contributed by atoms with Crippen LogP contribution in [0.4, 0.5) is 0 Å². The topological polar surface area (TPSA) is 34.1 Å². The van der Waals surface area contributed by atoms with Crippen LogP contribution >= 0.6 is 0 Å². The Hall–Kier alpha value is -1.61. The predicted molar refractivity (Wildman–Crippen MR) is 65.8 cm³/mol. The number of rotatable bonds is 2. The number of hydrogen-bond acceptors (Lipinski definition) is 3. The fourth-order valence-corrected chi connectivity index (χ4v) is 1.43. The van der Waals surface area contributed by atoms with Gasteiger partial charge in [0.05, 0.1) is 0 Å². The maximum atomic E-state index is 8.35. The molecule has 0 saturated heterocycles. The Morgan fingerprint density at radius 1 is 0.688 bits per heavy atom. The van der Waals surface area contributed by atoms with Crippen LogP contribution in [0.5, 0.6) is 0 Å². The Bertz CT molecular complexity index is 397. The fraction of sp³-hybridized carbons (Fsp3) is 0.0769. The monoisotopic (exact) mass is 233 g/mol. The summed E-state index contributed by atoms with van der Waals surface area (Å²) >= 11 is -1.08. The van der Waals surface area contributed by atoms with Crippen molar-refractivity contribution in [3.8, 4) is 0 Å². The molecule has 0 radical (unpaired) electrons. The van der Waals surface area contributed by atoms with E-state index in [4.69, 9.17) is 8.42 Å². The average Bonchev–Trinajstić information content (AvgIpc) is 2.33. The van der Waals surface area contributed by atoms with E-state index < -0.39 is 11.6 Å². The molecule has 0 saturated carbocycles. The van der Waals surface area contributed by atoms with E-state index in [0.717, 1.165) is 6.42 Å². The Morgan fingerprint density at radius 3 is 1.31 bits per heavy atom. The zero-order chi connectivity index (χ0) is 11.6. The molecular weight excluding hydrogens is 220 g/mol. The highest BCUT2D eigenvalue weighted by Crippen LogP contribution is 2.07. The molecule has 0 N–H and O–H groups in total. The van der Waals surface area contributed by atoms with Crippen molar-refractivity contribution in [1.29, 1.82) is 0 Å². The lowest BCUT2D eigenvalue weighted by Crippen LogP contribution is -1.85. The highest BCUT2D eigenvalue weighted by atomic mass is 32.1. The minimum atomic E-state index is -1.08. The van der Waals surface area contributed by atoms with Gasteiger partial charge in [0, 0.05) is 0 Å². The summed E-state index contributed by atoms with van der Waals surface area (Å²) in [6, 6.07) is 21.1. The lowest BCUT2D eigenvalue weighted by Gasteiger charge is -2.00. The summed E-state index contributed by atoms with van der Waals surface area (Å²) in [5.41, 5.74) is 2.74. The van der Waals surface area contributed by atoms with Crippen molar-refractivity contribution in [2.75, 3.05) is 0 Å². The first-order valence-electron chi connectivity index (χ1n) is 4.89. The van der Waals surface area contributed by atoms with E-state index >= 15 is 0 Å². The van der Waals surface area contributed by atoms with Crippen LogP contribution in [0.2, 0.25) is 0 Å². The third-order valence-electron chi connectivity index (χ3n) is 2.09. The van der Waals surface area contributed by atoms with Gasteiger partial charge in [0.25, 0.3) is 0 Å². The van der Waals surface area contributed by atoms with Gasteiger partial charge in [0.1, 0.15) is 0 Å². The fourth-order valence-electron chi connectivity index (χ4n) is 1.43. The second-order valence-electron chi connectivity index (χ2n) is 3.22. The van der Waals surface area contributed by atoms with Crippen LogP contribution in [0.3, 0.4) is 0 Å². The summed E-state index contributed by atoms with van der Waals surface area (Å²) in [7, 11) is 0. The second kappa shape index (κ2) is 7.65. The van der Waals surface area contributed by atoms with Crippen LogP contribution in [-0.4, -0.2) is 0 Å². The van der Waals surface area contributed by atoms with Crippen molar-refractivity contribution in [1.82, 2.24) is 0 Å². The number of thiol groups is 1. The minimum absolute atomic E-state index is 1.03. The molecule has 3 heteroatoms. The van der Waals surface area contributed by atoms with Gasteiger partial charge in [-0.1, -0.05) is 72.2 Å². The SMILES string of the molecule is O=[SH-]=O.c1ccc(Cc2ccccc2)cc1. The normalized spacial score (nSPS) is 9.00. The maximum absolute atomic E-state index is 8.35. The van der Waals surface area contributed by atoms with E-state index in [1.165, 1.54) is 11.1 Å². The molecule has 84 valence electrons. The van der Waals surface area contributed by atoms with Gasteiger partial charge in [0.15, 0.2) is 0 Å². The molecule has 2 aromatic rings. The molecule has 0 aliphatic heterocycles. The first kappa shape index (κ1) is 12.5. The third-order valence-corrected chi connectivity index (χ3v) is 2.09. The lowest BCUT2D eigenvalue weighted by atomic mass is 10.1. The molecule has 2 aromatic carbocycles. The molecule has 0 heterocycles. The van der Waals surface area contributed by atoms with Gasteiger partial charge in [-0.3, -0.25) is 0 Å². The molecule has 0 aliphatic rings. The van der Waals surface area contributed by atoms with E-state index in [1.54, 1.807) is 0 Å². The van der Waals surface area contributed by atoms with Crippen LogP contribution in [0, 0.1) is 0 Å². The van der Waals surface area contributed by atoms with Gasteiger partial charge < -0.3 is 8.42 Å². The van der Waals surface area contributed by atoms with E-state index in [9.17, 15) is 0 Å². The van der Waals surface area contributed by atoms with Gasteiger partial charge >= 0.3 is 0 Å². The van der Waals surface area contributed by atoms with Crippen molar-refractivity contribution in [2.45, 2.75) is 6.42 Å². The molecule has 0 aliphatic carbocycles.